The normalized spacial score (nSPS) is 12.6. The van der Waals surface area contributed by atoms with Gasteiger partial charge in [-0.2, -0.15) is 9.30 Å². The number of sulfonamides is 1. The third kappa shape index (κ3) is 4.76. The highest BCUT2D eigenvalue weighted by Crippen LogP contribution is 2.34. The molecule has 9 nitrogen and oxygen atoms in total. The molecule has 0 saturated heterocycles. The number of guanidine groups is 1. The molecule has 0 fully saturated rings. The van der Waals surface area contributed by atoms with Crippen molar-refractivity contribution in [3.8, 4) is 0 Å². The summed E-state index contributed by atoms with van der Waals surface area (Å²) in [5.74, 6) is -1.44. The van der Waals surface area contributed by atoms with Crippen LogP contribution in [0.3, 0.4) is 0 Å². The fourth-order valence-corrected chi connectivity index (χ4v) is 4.95. The molecule has 0 aliphatic carbocycles. The zero-order chi connectivity index (χ0) is 22.8. The molecular weight excluding hydrogens is 442 g/mol. The van der Waals surface area contributed by atoms with Gasteiger partial charge in [0.25, 0.3) is 0 Å². The maximum atomic E-state index is 13.5. The Balaban J connectivity index is 2.17. The Kier molecular flexibility index (Phi) is 6.44. The standard InChI is InChI=1S/C20H20ClN5O4S/c1-12(13-5-3-2-4-6-13)26(11-18(27)28)31(29,30)14-7-8-15-16(9-14)19(25-20(22)23)24-10-17(15)21/h2-10,12H,11H2,1H3,(H,27,28)(H4,22,23,24,25)/t12-/m0/s1. The summed E-state index contributed by atoms with van der Waals surface area (Å²) >= 11 is 6.18. The Hall–Kier alpha value is -3.21. The summed E-state index contributed by atoms with van der Waals surface area (Å²) in [6.07, 6.45) is 1.36. The second-order valence-electron chi connectivity index (χ2n) is 6.70. The summed E-state index contributed by atoms with van der Waals surface area (Å²) < 4.78 is 27.9. The number of benzene rings is 2. The Morgan fingerprint density at radius 1 is 1.19 bits per heavy atom. The third-order valence-electron chi connectivity index (χ3n) is 4.64. The summed E-state index contributed by atoms with van der Waals surface area (Å²) in [4.78, 5) is 19.3. The lowest BCUT2D eigenvalue weighted by molar-refractivity contribution is -0.137. The molecule has 1 aromatic heterocycles. The van der Waals surface area contributed by atoms with Crippen LogP contribution in [0.25, 0.3) is 10.8 Å². The molecule has 0 bridgehead atoms. The first-order valence-electron chi connectivity index (χ1n) is 9.07. The van der Waals surface area contributed by atoms with Gasteiger partial charge in [-0.3, -0.25) is 4.79 Å². The van der Waals surface area contributed by atoms with E-state index < -0.39 is 28.6 Å². The molecule has 0 radical (unpaired) electrons. The molecule has 1 atom stereocenters. The van der Waals surface area contributed by atoms with Crippen molar-refractivity contribution in [3.05, 3.63) is 65.3 Å². The number of carbonyl (C=O) groups is 1. The average Bonchev–Trinajstić information content (AvgIpc) is 2.73. The molecule has 0 aliphatic heterocycles. The van der Waals surface area contributed by atoms with Crippen LogP contribution in [0.5, 0.6) is 0 Å². The molecule has 3 aromatic rings. The fraction of sp³-hybridized carbons (Fsp3) is 0.150. The van der Waals surface area contributed by atoms with E-state index in [-0.39, 0.29) is 21.7 Å². The predicted molar refractivity (Wildman–Crippen MR) is 119 cm³/mol. The smallest absolute Gasteiger partial charge is 0.318 e. The van der Waals surface area contributed by atoms with Crippen molar-refractivity contribution in [1.82, 2.24) is 9.29 Å². The first-order valence-corrected chi connectivity index (χ1v) is 10.9. The van der Waals surface area contributed by atoms with Crippen molar-refractivity contribution >= 4 is 50.1 Å². The van der Waals surface area contributed by atoms with Gasteiger partial charge in [0.15, 0.2) is 11.8 Å². The average molecular weight is 462 g/mol. The molecule has 3 rings (SSSR count). The zero-order valence-corrected chi connectivity index (χ0v) is 18.0. The van der Waals surface area contributed by atoms with Gasteiger partial charge in [-0.1, -0.05) is 48.0 Å². The van der Waals surface area contributed by atoms with Crippen molar-refractivity contribution in [3.63, 3.8) is 0 Å². The van der Waals surface area contributed by atoms with Crippen LogP contribution in [0.4, 0.5) is 5.82 Å². The summed E-state index contributed by atoms with van der Waals surface area (Å²) in [6.45, 7) is 0.908. The van der Waals surface area contributed by atoms with Gasteiger partial charge in [-0.15, -0.1) is 0 Å². The van der Waals surface area contributed by atoms with Crippen LogP contribution in [0.15, 0.2) is 64.6 Å². The minimum absolute atomic E-state index is 0.0948. The van der Waals surface area contributed by atoms with Crippen molar-refractivity contribution in [2.75, 3.05) is 6.54 Å². The van der Waals surface area contributed by atoms with Gasteiger partial charge in [0.05, 0.1) is 9.92 Å². The summed E-state index contributed by atoms with van der Waals surface area (Å²) in [5.41, 5.74) is 11.5. The van der Waals surface area contributed by atoms with E-state index in [4.69, 9.17) is 23.1 Å². The van der Waals surface area contributed by atoms with Crippen LogP contribution in [0, 0.1) is 0 Å². The van der Waals surface area contributed by atoms with Crippen LogP contribution in [-0.4, -0.2) is 41.3 Å². The van der Waals surface area contributed by atoms with Crippen molar-refractivity contribution in [2.45, 2.75) is 17.9 Å². The van der Waals surface area contributed by atoms with Gasteiger partial charge in [0, 0.05) is 23.0 Å². The van der Waals surface area contributed by atoms with Crippen molar-refractivity contribution < 1.29 is 18.3 Å². The predicted octanol–water partition coefficient (Wildman–Crippen LogP) is 2.63. The number of halogens is 1. The maximum Gasteiger partial charge on any atom is 0.318 e. The molecule has 1 heterocycles. The fourth-order valence-electron chi connectivity index (χ4n) is 3.14. The molecule has 5 N–H and O–H groups in total. The van der Waals surface area contributed by atoms with Crippen molar-refractivity contribution in [2.24, 2.45) is 16.5 Å². The second-order valence-corrected chi connectivity index (χ2v) is 9.00. The number of nitrogens with zero attached hydrogens (tertiary/aromatic N) is 3. The lowest BCUT2D eigenvalue weighted by atomic mass is 10.1. The summed E-state index contributed by atoms with van der Waals surface area (Å²) in [6, 6.07) is 12.2. The lowest BCUT2D eigenvalue weighted by Crippen LogP contribution is -2.37. The van der Waals surface area contributed by atoms with E-state index in [9.17, 15) is 18.3 Å². The molecule has 0 unspecified atom stereocenters. The van der Waals surface area contributed by atoms with Gasteiger partial charge in [0.2, 0.25) is 10.0 Å². The van der Waals surface area contributed by atoms with Crippen LogP contribution < -0.4 is 11.5 Å². The summed E-state index contributed by atoms with van der Waals surface area (Å²) in [5, 5.41) is 10.5. The minimum atomic E-state index is -4.22. The van der Waals surface area contributed by atoms with E-state index in [2.05, 4.69) is 9.98 Å². The van der Waals surface area contributed by atoms with Gasteiger partial charge in [-0.25, -0.2) is 13.4 Å². The number of aliphatic imine (C=N–C) groups is 1. The highest BCUT2D eigenvalue weighted by molar-refractivity contribution is 7.89. The largest absolute Gasteiger partial charge is 0.480 e. The first-order chi connectivity index (χ1) is 14.6. The molecule has 0 amide bonds. The Morgan fingerprint density at radius 2 is 1.87 bits per heavy atom. The zero-order valence-electron chi connectivity index (χ0n) is 16.4. The number of pyridine rings is 1. The van der Waals surface area contributed by atoms with Gasteiger partial charge < -0.3 is 16.6 Å². The molecule has 0 spiro atoms. The number of rotatable bonds is 7. The summed E-state index contributed by atoms with van der Waals surface area (Å²) in [7, 11) is -4.22. The van der Waals surface area contributed by atoms with Crippen LogP contribution in [0.1, 0.15) is 18.5 Å². The first kappa shape index (κ1) is 22.5. The molecule has 31 heavy (non-hydrogen) atoms. The Labute approximate surface area is 184 Å². The maximum absolute atomic E-state index is 13.5. The topological polar surface area (TPSA) is 152 Å². The molecule has 162 valence electrons. The monoisotopic (exact) mass is 461 g/mol. The number of carboxylic acid groups (broad SMARTS) is 1. The number of fused-ring (bicyclic) bond motifs is 1. The Morgan fingerprint density at radius 3 is 2.48 bits per heavy atom. The van der Waals surface area contributed by atoms with Gasteiger partial charge >= 0.3 is 5.97 Å². The number of aliphatic carboxylic acids is 1. The van der Waals surface area contributed by atoms with E-state index in [0.29, 0.717) is 16.3 Å². The lowest BCUT2D eigenvalue weighted by Gasteiger charge is -2.27. The van der Waals surface area contributed by atoms with Gasteiger partial charge in [0.1, 0.15) is 6.54 Å². The highest BCUT2D eigenvalue weighted by Gasteiger charge is 2.32. The van der Waals surface area contributed by atoms with Crippen LogP contribution in [-0.2, 0) is 14.8 Å². The molecular formula is C20H20ClN5O4S. The molecule has 2 aromatic carbocycles. The molecule has 0 saturated carbocycles. The van der Waals surface area contributed by atoms with Crippen molar-refractivity contribution in [1.29, 1.82) is 0 Å². The van der Waals surface area contributed by atoms with E-state index >= 15 is 0 Å². The highest BCUT2D eigenvalue weighted by atomic mass is 35.5. The Bertz CT molecular complexity index is 1260. The van der Waals surface area contributed by atoms with E-state index in [1.165, 1.54) is 24.4 Å². The number of aromatic nitrogens is 1. The SMILES string of the molecule is C[C@@H](c1ccccc1)N(CC(=O)O)S(=O)(=O)c1ccc2c(Cl)cnc(N=C(N)N)c2c1. The quantitative estimate of drug-likeness (QED) is 0.361. The number of hydrogen-bond acceptors (Lipinski definition) is 5. The number of carboxylic acids is 1. The minimum Gasteiger partial charge on any atom is -0.480 e. The third-order valence-corrected chi connectivity index (χ3v) is 6.85. The number of hydrogen-bond donors (Lipinski definition) is 3. The molecule has 11 heteroatoms. The second kappa shape index (κ2) is 8.88. The van der Waals surface area contributed by atoms with Crippen LogP contribution in [0.2, 0.25) is 5.02 Å². The number of nitrogens with two attached hydrogens (primary N) is 2. The van der Waals surface area contributed by atoms with Gasteiger partial charge in [-0.05, 0) is 24.6 Å². The van der Waals surface area contributed by atoms with E-state index in [1.54, 1.807) is 37.3 Å². The van der Waals surface area contributed by atoms with E-state index in [0.717, 1.165) is 4.31 Å². The van der Waals surface area contributed by atoms with Crippen LogP contribution >= 0.6 is 11.6 Å². The molecule has 0 aliphatic rings. The van der Waals surface area contributed by atoms with E-state index in [1.807, 2.05) is 0 Å².